The Morgan fingerprint density at radius 1 is 0.957 bits per heavy atom. The highest BCUT2D eigenvalue weighted by Crippen LogP contribution is 2.28. The fourth-order valence-corrected chi connectivity index (χ4v) is 6.31. The molecule has 0 spiro atoms. The number of carboxylic acid groups (broad SMARTS) is 1. The largest absolute Gasteiger partial charge is 0.481 e. The minimum Gasteiger partial charge on any atom is -0.481 e. The predicted molar refractivity (Wildman–Crippen MR) is 172 cm³/mol. The lowest BCUT2D eigenvalue weighted by Crippen LogP contribution is -2.58. The summed E-state index contributed by atoms with van der Waals surface area (Å²) < 4.78 is 0. The highest BCUT2D eigenvalue weighted by atomic mass is 32.2. The first kappa shape index (κ1) is 34.0. The maximum absolute atomic E-state index is 14.0. The van der Waals surface area contributed by atoms with Crippen LogP contribution in [0.3, 0.4) is 0 Å². The number of para-hydroxylation sites is 1. The molecule has 2 heterocycles. The quantitative estimate of drug-likeness (QED) is 0.146. The summed E-state index contributed by atoms with van der Waals surface area (Å²) in [6.45, 7) is 1.51. The van der Waals surface area contributed by atoms with Crippen LogP contribution in [0.2, 0.25) is 0 Å². The number of carbonyl (C=O) groups is 6. The van der Waals surface area contributed by atoms with E-state index >= 15 is 0 Å². The third-order valence-corrected chi connectivity index (χ3v) is 8.92. The molecule has 3 aromatic rings. The number of likely N-dealkylation sites (tertiary alicyclic amines) is 1. The minimum atomic E-state index is -1.55. The lowest BCUT2D eigenvalue weighted by atomic mass is 10.0. The number of hydrogen-bond acceptors (Lipinski definition) is 7. The van der Waals surface area contributed by atoms with E-state index in [9.17, 15) is 33.9 Å². The number of aromatic amines is 1. The van der Waals surface area contributed by atoms with E-state index in [0.717, 1.165) is 22.0 Å². The summed E-state index contributed by atoms with van der Waals surface area (Å²) in [7, 11) is 0. The van der Waals surface area contributed by atoms with Crippen molar-refractivity contribution in [2.24, 2.45) is 5.73 Å². The van der Waals surface area contributed by atoms with E-state index in [2.05, 4.69) is 20.9 Å². The van der Waals surface area contributed by atoms with E-state index in [1.165, 1.54) is 23.6 Å². The highest BCUT2D eigenvalue weighted by Gasteiger charge is 2.43. The molecule has 0 aliphatic carbocycles. The van der Waals surface area contributed by atoms with E-state index in [-0.39, 0.29) is 31.1 Å². The van der Waals surface area contributed by atoms with Gasteiger partial charge < -0.3 is 36.7 Å². The fourth-order valence-electron chi connectivity index (χ4n) is 5.62. The molecular formula is C32H38N6O7S. The van der Waals surface area contributed by atoms with Gasteiger partial charge in [0.25, 0.3) is 0 Å². The van der Waals surface area contributed by atoms with Crippen LogP contribution in [-0.2, 0) is 41.6 Å². The molecule has 244 valence electrons. The van der Waals surface area contributed by atoms with Crippen LogP contribution in [0.4, 0.5) is 0 Å². The number of thioether (sulfide) groups is 1. The Labute approximate surface area is 270 Å². The van der Waals surface area contributed by atoms with Gasteiger partial charge in [0.05, 0.1) is 6.42 Å². The third kappa shape index (κ3) is 8.65. The second kappa shape index (κ2) is 15.4. The number of benzene rings is 2. The van der Waals surface area contributed by atoms with E-state index in [1.807, 2.05) is 30.5 Å². The van der Waals surface area contributed by atoms with Crippen LogP contribution in [0.25, 0.3) is 10.9 Å². The molecule has 4 rings (SSSR count). The molecule has 5 atom stereocenters. The summed E-state index contributed by atoms with van der Waals surface area (Å²) in [6, 6.07) is 11.6. The number of rotatable bonds is 14. The Hall–Kier alpha value is -4.85. The van der Waals surface area contributed by atoms with Crippen LogP contribution in [0.15, 0.2) is 60.8 Å². The topological polar surface area (TPSA) is 204 Å². The Morgan fingerprint density at radius 3 is 2.30 bits per heavy atom. The van der Waals surface area contributed by atoms with Gasteiger partial charge in [-0.1, -0.05) is 48.5 Å². The Morgan fingerprint density at radius 2 is 1.65 bits per heavy atom. The molecule has 0 radical (unpaired) electrons. The van der Waals surface area contributed by atoms with Gasteiger partial charge in [-0.15, -0.1) is 0 Å². The molecule has 1 aliphatic heterocycles. The van der Waals surface area contributed by atoms with Crippen LogP contribution in [-0.4, -0.2) is 92.7 Å². The molecule has 1 fully saturated rings. The number of carbonyl (C=O) groups excluding carboxylic acids is 5. The van der Waals surface area contributed by atoms with Crippen molar-refractivity contribution in [2.45, 2.75) is 62.0 Å². The third-order valence-electron chi connectivity index (χ3n) is 7.91. The van der Waals surface area contributed by atoms with Gasteiger partial charge in [-0.2, -0.15) is 11.8 Å². The lowest BCUT2D eigenvalue weighted by Gasteiger charge is -2.29. The lowest BCUT2D eigenvalue weighted by molar-refractivity contribution is -0.144. The van der Waals surface area contributed by atoms with Gasteiger partial charge in [0.1, 0.15) is 24.2 Å². The van der Waals surface area contributed by atoms with Crippen molar-refractivity contribution in [2.75, 3.05) is 12.8 Å². The first-order chi connectivity index (χ1) is 22.0. The molecule has 1 aliphatic rings. The summed E-state index contributed by atoms with van der Waals surface area (Å²) in [5, 5.41) is 18.0. The average molecular weight is 651 g/mol. The van der Waals surface area contributed by atoms with E-state index < -0.39 is 66.1 Å². The van der Waals surface area contributed by atoms with Crippen LogP contribution in [0.1, 0.15) is 30.9 Å². The van der Waals surface area contributed by atoms with Crippen LogP contribution >= 0.6 is 11.8 Å². The summed E-state index contributed by atoms with van der Waals surface area (Å²) in [5.41, 5.74) is 7.92. The number of nitrogens with zero attached hydrogens (tertiary/aromatic N) is 1. The predicted octanol–water partition coefficient (Wildman–Crippen LogP) is 0.720. The summed E-state index contributed by atoms with van der Waals surface area (Å²) in [5.74, 6) is -4.70. The van der Waals surface area contributed by atoms with Gasteiger partial charge in [-0.3, -0.25) is 28.8 Å². The summed E-state index contributed by atoms with van der Waals surface area (Å²) in [4.78, 5) is 81.5. The van der Waals surface area contributed by atoms with Crippen LogP contribution < -0.4 is 21.7 Å². The second-order valence-electron chi connectivity index (χ2n) is 11.2. The molecule has 0 saturated carbocycles. The van der Waals surface area contributed by atoms with E-state index in [4.69, 9.17) is 5.73 Å². The standard InChI is InChI=1S/C32H38N6O7S/c1-18(39)35-26(13-20-16-34-23-11-7-6-10-22(20)23)32(45)38-17-21(46-2)14-27(38)31(44)37-25(15-28(40)41)30(43)36-24(29(33)42)12-19-8-4-3-5-9-19/h3-11,16,21,24-27,34H,12-15,17H2,1-2H3,(H2,33,42)(H,35,39)(H,36,43)(H,37,44)(H,40,41)/t21-,24-,25-,26-,27?/m0/s1. The number of aromatic nitrogens is 1. The summed E-state index contributed by atoms with van der Waals surface area (Å²) in [6.07, 6.45) is 3.34. The smallest absolute Gasteiger partial charge is 0.305 e. The van der Waals surface area contributed by atoms with Gasteiger partial charge in [0.2, 0.25) is 29.5 Å². The van der Waals surface area contributed by atoms with Crippen molar-refractivity contribution >= 4 is 58.2 Å². The zero-order valence-electron chi connectivity index (χ0n) is 25.5. The van der Waals surface area contributed by atoms with Crippen molar-refractivity contribution < 1.29 is 33.9 Å². The molecule has 1 saturated heterocycles. The zero-order chi connectivity index (χ0) is 33.4. The average Bonchev–Trinajstić information content (AvgIpc) is 3.64. The number of nitrogens with two attached hydrogens (primary N) is 1. The van der Waals surface area contributed by atoms with Crippen molar-refractivity contribution in [1.82, 2.24) is 25.8 Å². The number of aliphatic carboxylic acids is 1. The van der Waals surface area contributed by atoms with Crippen molar-refractivity contribution in [3.63, 3.8) is 0 Å². The molecule has 2 aromatic carbocycles. The monoisotopic (exact) mass is 650 g/mol. The van der Waals surface area contributed by atoms with Gasteiger partial charge in [0, 0.05) is 48.7 Å². The van der Waals surface area contributed by atoms with Crippen molar-refractivity contribution in [3.8, 4) is 0 Å². The van der Waals surface area contributed by atoms with E-state index in [0.29, 0.717) is 0 Å². The molecule has 14 heteroatoms. The van der Waals surface area contributed by atoms with E-state index in [1.54, 1.807) is 36.5 Å². The van der Waals surface area contributed by atoms with Gasteiger partial charge in [0.15, 0.2) is 0 Å². The van der Waals surface area contributed by atoms with Crippen LogP contribution in [0, 0.1) is 0 Å². The maximum atomic E-state index is 14.0. The fraction of sp³-hybridized carbons (Fsp3) is 0.375. The number of hydrogen-bond donors (Lipinski definition) is 6. The van der Waals surface area contributed by atoms with Gasteiger partial charge in [-0.25, -0.2) is 0 Å². The van der Waals surface area contributed by atoms with Gasteiger partial charge >= 0.3 is 5.97 Å². The zero-order valence-corrected chi connectivity index (χ0v) is 26.3. The van der Waals surface area contributed by atoms with Crippen molar-refractivity contribution in [3.05, 3.63) is 71.9 Å². The number of H-pyrrole nitrogens is 1. The first-order valence-electron chi connectivity index (χ1n) is 14.8. The molecular weight excluding hydrogens is 612 g/mol. The van der Waals surface area contributed by atoms with Gasteiger partial charge in [-0.05, 0) is 29.9 Å². The number of nitrogens with one attached hydrogen (secondary N) is 4. The molecule has 13 nitrogen and oxygen atoms in total. The molecule has 0 bridgehead atoms. The Kier molecular flexibility index (Phi) is 11.4. The number of amides is 5. The molecule has 5 amide bonds. The second-order valence-corrected chi connectivity index (χ2v) is 12.4. The molecule has 46 heavy (non-hydrogen) atoms. The SMILES string of the molecule is CS[C@H]1CC(C(=O)N[C@@H](CC(=O)O)C(=O)N[C@@H](Cc2ccccc2)C(N)=O)N(C(=O)[C@H](Cc2c[nH]c3ccccc23)NC(C)=O)C1. The molecule has 7 N–H and O–H groups in total. The number of carboxylic acids is 1. The minimum absolute atomic E-state index is 0.0664. The summed E-state index contributed by atoms with van der Waals surface area (Å²) >= 11 is 1.46. The maximum Gasteiger partial charge on any atom is 0.305 e. The number of primary amides is 1. The Bertz CT molecular complexity index is 1600. The number of fused-ring (bicyclic) bond motifs is 1. The highest BCUT2D eigenvalue weighted by molar-refractivity contribution is 7.99. The first-order valence-corrected chi connectivity index (χ1v) is 16.1. The van der Waals surface area contributed by atoms with Crippen LogP contribution in [0.5, 0.6) is 0 Å². The molecule has 1 unspecified atom stereocenters. The Balaban J connectivity index is 1.53. The van der Waals surface area contributed by atoms with Crippen molar-refractivity contribution in [1.29, 1.82) is 0 Å². The normalized spacial score (nSPS) is 17.9. The molecule has 1 aromatic heterocycles.